The molecular weight excluding hydrogens is 374 g/mol. The highest BCUT2D eigenvalue weighted by Crippen LogP contribution is 2.33. The minimum absolute atomic E-state index is 0.0138. The molecule has 2 aromatic heterocycles. The van der Waals surface area contributed by atoms with E-state index >= 15 is 0 Å². The van der Waals surface area contributed by atoms with Crippen molar-refractivity contribution < 1.29 is 17.9 Å². The quantitative estimate of drug-likeness (QED) is 0.860. The highest BCUT2D eigenvalue weighted by molar-refractivity contribution is 7.89. The number of nitrogens with one attached hydrogen (secondary N) is 1. The Morgan fingerprint density at radius 3 is 2.85 bits per heavy atom. The van der Waals surface area contributed by atoms with E-state index in [0.29, 0.717) is 38.5 Å². The van der Waals surface area contributed by atoms with Gasteiger partial charge in [0.15, 0.2) is 0 Å². The lowest BCUT2D eigenvalue weighted by atomic mass is 10.0. The summed E-state index contributed by atoms with van der Waals surface area (Å²) >= 11 is 1.72. The van der Waals surface area contributed by atoms with Crippen molar-refractivity contribution in [1.82, 2.24) is 14.2 Å². The first-order valence-corrected chi connectivity index (χ1v) is 10.9. The number of carbonyl (C=O) groups excluding carboxylic acids is 1. The first-order chi connectivity index (χ1) is 12.5. The maximum Gasteiger partial charge on any atom is 0.270 e. The molecule has 0 unspecified atom stereocenters. The van der Waals surface area contributed by atoms with Crippen LogP contribution in [0.15, 0.2) is 28.6 Å². The summed E-state index contributed by atoms with van der Waals surface area (Å²) in [6.45, 7) is 4.10. The standard InChI is InChI=1S/C17H21N3O4S2/c1-12-14-3-9-25-16(14)2-4-20(12)17(21)15-10-13(11-18-15)26(22,23)19-5-7-24-8-6-19/h3,9-12,18H,2,4-8H2,1H3/t12-/m1/s1. The van der Waals surface area contributed by atoms with Crippen molar-refractivity contribution in [3.63, 3.8) is 0 Å². The number of thiophene rings is 1. The molecule has 2 aromatic rings. The Hall–Kier alpha value is -1.68. The third kappa shape index (κ3) is 2.98. The molecule has 4 heterocycles. The second-order valence-corrected chi connectivity index (χ2v) is 9.43. The van der Waals surface area contributed by atoms with Gasteiger partial charge in [-0.05, 0) is 36.4 Å². The molecule has 26 heavy (non-hydrogen) atoms. The van der Waals surface area contributed by atoms with Gasteiger partial charge < -0.3 is 14.6 Å². The molecule has 7 nitrogen and oxygen atoms in total. The summed E-state index contributed by atoms with van der Waals surface area (Å²) in [4.78, 5) is 19.0. The van der Waals surface area contributed by atoms with Crippen LogP contribution in [0, 0.1) is 0 Å². The topological polar surface area (TPSA) is 82.7 Å². The fourth-order valence-electron chi connectivity index (χ4n) is 3.52. The lowest BCUT2D eigenvalue weighted by Gasteiger charge is -2.33. The van der Waals surface area contributed by atoms with Gasteiger partial charge in [-0.1, -0.05) is 0 Å². The summed E-state index contributed by atoms with van der Waals surface area (Å²) in [7, 11) is -3.61. The van der Waals surface area contributed by atoms with E-state index in [0.717, 1.165) is 6.42 Å². The third-order valence-corrected chi connectivity index (χ3v) is 7.91. The number of rotatable bonds is 3. The van der Waals surface area contributed by atoms with E-state index in [-0.39, 0.29) is 16.8 Å². The number of nitrogens with zero attached hydrogens (tertiary/aromatic N) is 2. The number of amides is 1. The number of carbonyl (C=O) groups is 1. The maximum atomic E-state index is 12.9. The summed E-state index contributed by atoms with van der Waals surface area (Å²) in [6, 6.07) is 3.50. The predicted molar refractivity (Wildman–Crippen MR) is 97.8 cm³/mol. The smallest absolute Gasteiger partial charge is 0.270 e. The van der Waals surface area contributed by atoms with Crippen LogP contribution in [-0.4, -0.2) is 61.4 Å². The number of hydrogen-bond donors (Lipinski definition) is 1. The average molecular weight is 396 g/mol. The normalized spacial score (nSPS) is 21.6. The van der Waals surface area contributed by atoms with Gasteiger partial charge in [-0.15, -0.1) is 11.3 Å². The molecule has 140 valence electrons. The molecule has 9 heteroatoms. The van der Waals surface area contributed by atoms with Crippen molar-refractivity contribution in [1.29, 1.82) is 0 Å². The third-order valence-electron chi connectivity index (χ3n) is 5.03. The van der Waals surface area contributed by atoms with E-state index in [1.807, 2.05) is 6.92 Å². The predicted octanol–water partition coefficient (Wildman–Crippen LogP) is 1.86. The maximum absolute atomic E-state index is 12.9. The molecule has 0 aliphatic carbocycles. The second-order valence-electron chi connectivity index (χ2n) is 6.49. The molecule has 2 aliphatic rings. The van der Waals surface area contributed by atoms with E-state index in [1.54, 1.807) is 16.2 Å². The van der Waals surface area contributed by atoms with E-state index in [1.165, 1.54) is 27.0 Å². The molecule has 0 spiro atoms. The van der Waals surface area contributed by atoms with E-state index in [2.05, 4.69) is 16.4 Å². The number of sulfonamides is 1. The molecule has 1 fully saturated rings. The van der Waals surface area contributed by atoms with Crippen LogP contribution in [0.4, 0.5) is 0 Å². The lowest BCUT2D eigenvalue weighted by molar-refractivity contribution is 0.0674. The second kappa shape index (κ2) is 6.80. The number of aromatic amines is 1. The molecule has 0 saturated carbocycles. The zero-order valence-electron chi connectivity index (χ0n) is 14.5. The van der Waals surface area contributed by atoms with Crippen molar-refractivity contribution >= 4 is 27.3 Å². The lowest BCUT2D eigenvalue weighted by Crippen LogP contribution is -2.40. The summed E-state index contributed by atoms with van der Waals surface area (Å²) in [5.74, 6) is -0.169. The van der Waals surface area contributed by atoms with Crippen LogP contribution in [-0.2, 0) is 21.2 Å². The largest absolute Gasteiger partial charge is 0.379 e. The fraction of sp³-hybridized carbons (Fsp3) is 0.471. The molecule has 4 rings (SSSR count). The molecule has 0 bridgehead atoms. The van der Waals surface area contributed by atoms with Crippen LogP contribution in [0.5, 0.6) is 0 Å². The van der Waals surface area contributed by atoms with Crippen molar-refractivity contribution in [2.75, 3.05) is 32.8 Å². The molecule has 1 saturated heterocycles. The number of ether oxygens (including phenoxy) is 1. The minimum Gasteiger partial charge on any atom is -0.379 e. The Morgan fingerprint density at radius 2 is 2.08 bits per heavy atom. The molecular formula is C17H21N3O4S2. The van der Waals surface area contributed by atoms with Crippen LogP contribution in [0.2, 0.25) is 0 Å². The van der Waals surface area contributed by atoms with Gasteiger partial charge in [-0.2, -0.15) is 4.31 Å². The molecule has 0 aromatic carbocycles. The Labute approximate surface area is 156 Å². The van der Waals surface area contributed by atoms with Crippen molar-refractivity contribution in [2.24, 2.45) is 0 Å². The van der Waals surface area contributed by atoms with Crippen LogP contribution in [0.3, 0.4) is 0 Å². The van der Waals surface area contributed by atoms with E-state index < -0.39 is 10.0 Å². The van der Waals surface area contributed by atoms with Gasteiger partial charge in [0.05, 0.1) is 19.3 Å². The first-order valence-electron chi connectivity index (χ1n) is 8.62. The molecule has 0 radical (unpaired) electrons. The van der Waals surface area contributed by atoms with E-state index in [4.69, 9.17) is 4.74 Å². The minimum atomic E-state index is -3.61. The molecule has 2 aliphatic heterocycles. The van der Waals surface area contributed by atoms with Gasteiger partial charge in [0.25, 0.3) is 5.91 Å². The van der Waals surface area contributed by atoms with Crippen LogP contribution >= 0.6 is 11.3 Å². The summed E-state index contributed by atoms with van der Waals surface area (Å²) in [6.07, 6.45) is 2.24. The van der Waals surface area contributed by atoms with Gasteiger partial charge in [0, 0.05) is 30.7 Å². The fourth-order valence-corrected chi connectivity index (χ4v) is 5.89. The summed E-state index contributed by atoms with van der Waals surface area (Å²) in [5, 5.41) is 2.05. The summed E-state index contributed by atoms with van der Waals surface area (Å²) in [5.41, 5.74) is 1.49. The number of morpholine rings is 1. The van der Waals surface area contributed by atoms with Crippen LogP contribution < -0.4 is 0 Å². The van der Waals surface area contributed by atoms with Gasteiger partial charge >= 0.3 is 0 Å². The Morgan fingerprint density at radius 1 is 1.31 bits per heavy atom. The van der Waals surface area contributed by atoms with Crippen molar-refractivity contribution in [3.05, 3.63) is 39.8 Å². The number of fused-ring (bicyclic) bond motifs is 1. The Bertz CT molecular complexity index is 912. The Balaban J connectivity index is 1.55. The SMILES string of the molecule is C[C@@H]1c2ccsc2CCN1C(=O)c1cc(S(=O)(=O)N2CCOCC2)c[nH]1. The first kappa shape index (κ1) is 17.7. The average Bonchev–Trinajstić information content (AvgIpc) is 3.32. The molecule has 1 N–H and O–H groups in total. The van der Waals surface area contributed by atoms with Crippen molar-refractivity contribution in [3.8, 4) is 0 Å². The monoisotopic (exact) mass is 395 g/mol. The highest BCUT2D eigenvalue weighted by Gasteiger charge is 2.32. The van der Waals surface area contributed by atoms with Gasteiger partial charge in [0.1, 0.15) is 10.6 Å². The number of hydrogen-bond acceptors (Lipinski definition) is 5. The number of aromatic nitrogens is 1. The van der Waals surface area contributed by atoms with Gasteiger partial charge in [0.2, 0.25) is 10.0 Å². The van der Waals surface area contributed by atoms with Gasteiger partial charge in [-0.25, -0.2) is 8.42 Å². The zero-order valence-corrected chi connectivity index (χ0v) is 16.1. The van der Waals surface area contributed by atoms with Gasteiger partial charge in [-0.3, -0.25) is 4.79 Å². The zero-order chi connectivity index (χ0) is 18.3. The molecule has 1 atom stereocenters. The molecule has 1 amide bonds. The van der Waals surface area contributed by atoms with Crippen LogP contribution in [0.1, 0.15) is 33.9 Å². The Kier molecular flexibility index (Phi) is 4.64. The van der Waals surface area contributed by atoms with Crippen LogP contribution in [0.25, 0.3) is 0 Å². The summed E-state index contributed by atoms with van der Waals surface area (Å²) < 4.78 is 32.1. The number of H-pyrrole nitrogens is 1. The highest BCUT2D eigenvalue weighted by atomic mass is 32.2. The van der Waals surface area contributed by atoms with E-state index in [9.17, 15) is 13.2 Å². The van der Waals surface area contributed by atoms with Crippen molar-refractivity contribution in [2.45, 2.75) is 24.3 Å².